The highest BCUT2D eigenvalue weighted by Gasteiger charge is 2.19. The van der Waals surface area contributed by atoms with Gasteiger partial charge in [0.1, 0.15) is 11.2 Å². The molecule has 0 bridgehead atoms. The summed E-state index contributed by atoms with van der Waals surface area (Å²) in [6.45, 7) is 0. The lowest BCUT2D eigenvalue weighted by Gasteiger charge is -2.12. The molecule has 0 aliphatic carbocycles. The highest BCUT2D eigenvalue weighted by molar-refractivity contribution is 6.30. The summed E-state index contributed by atoms with van der Waals surface area (Å²) in [6.07, 6.45) is 0. The second kappa shape index (κ2) is 12.4. The molecule has 5 heteroatoms. The second-order valence-electron chi connectivity index (χ2n) is 13.1. The van der Waals surface area contributed by atoms with E-state index < -0.39 is 0 Å². The average molecular weight is 677 g/mol. The van der Waals surface area contributed by atoms with Crippen molar-refractivity contribution in [3.63, 3.8) is 0 Å². The molecule has 0 saturated carbocycles. The molecule has 10 aromatic rings. The lowest BCUT2D eigenvalue weighted by atomic mass is 9.92. The first kappa shape index (κ1) is 30.4. The summed E-state index contributed by atoms with van der Waals surface area (Å²) in [7, 11) is 0. The highest BCUT2D eigenvalue weighted by atomic mass is 16.3. The third kappa shape index (κ3) is 5.29. The molecule has 0 amide bonds. The molecule has 246 valence electrons. The third-order valence-electron chi connectivity index (χ3n) is 9.94. The minimum Gasteiger partial charge on any atom is -0.455 e. The Morgan fingerprint density at radius 3 is 1.55 bits per heavy atom. The van der Waals surface area contributed by atoms with E-state index in [1.165, 1.54) is 0 Å². The molecular formula is C48H28N4O. The number of hydrogen-bond acceptors (Lipinski definition) is 5. The largest absolute Gasteiger partial charge is 0.455 e. The Balaban J connectivity index is 1.15. The van der Waals surface area contributed by atoms with Gasteiger partial charge < -0.3 is 4.42 Å². The molecule has 0 radical (unpaired) electrons. The SMILES string of the molecule is N#Cc1cccc(-c2ccc(-c3ccc4c5ccc(-c6nc(-c7ccccc7)nc(-c7ccccc7)n6)cc5c5oc6ccccc6c5c4c3)cc2)c1. The van der Waals surface area contributed by atoms with Crippen LogP contribution in [0.25, 0.3) is 99.9 Å². The molecule has 0 unspecified atom stereocenters. The van der Waals surface area contributed by atoms with Crippen molar-refractivity contribution in [3.8, 4) is 62.5 Å². The number of hydrogen-bond donors (Lipinski definition) is 0. The van der Waals surface area contributed by atoms with E-state index >= 15 is 0 Å². The molecule has 0 spiro atoms. The van der Waals surface area contributed by atoms with Crippen molar-refractivity contribution in [3.05, 3.63) is 175 Å². The van der Waals surface area contributed by atoms with Gasteiger partial charge in [-0.05, 0) is 68.7 Å². The first-order valence-electron chi connectivity index (χ1n) is 17.5. The van der Waals surface area contributed by atoms with E-state index in [2.05, 4.69) is 78.9 Å². The van der Waals surface area contributed by atoms with E-state index in [0.29, 0.717) is 23.0 Å². The van der Waals surface area contributed by atoms with Crippen molar-refractivity contribution in [1.82, 2.24) is 15.0 Å². The van der Waals surface area contributed by atoms with Gasteiger partial charge in [0, 0.05) is 32.8 Å². The molecule has 0 aliphatic rings. The Bertz CT molecular complexity index is 2990. The summed E-state index contributed by atoms with van der Waals surface area (Å²) < 4.78 is 6.70. The zero-order valence-corrected chi connectivity index (χ0v) is 28.4. The van der Waals surface area contributed by atoms with E-state index in [0.717, 1.165) is 82.4 Å². The van der Waals surface area contributed by atoms with Gasteiger partial charge in [-0.15, -0.1) is 0 Å². The molecule has 8 aromatic carbocycles. The number of para-hydroxylation sites is 1. The Morgan fingerprint density at radius 2 is 0.887 bits per heavy atom. The fraction of sp³-hybridized carbons (Fsp3) is 0. The Kier molecular flexibility index (Phi) is 7.12. The lowest BCUT2D eigenvalue weighted by molar-refractivity contribution is 0.673. The molecule has 0 atom stereocenters. The Hall–Kier alpha value is -7.42. The van der Waals surface area contributed by atoms with Gasteiger partial charge in [0.2, 0.25) is 0 Å². The minimum absolute atomic E-state index is 0.599. The summed E-state index contributed by atoms with van der Waals surface area (Å²) in [5.74, 6) is 1.85. The quantitative estimate of drug-likeness (QED) is 0.170. The molecule has 2 aromatic heterocycles. The molecule has 0 aliphatic heterocycles. The van der Waals surface area contributed by atoms with E-state index in [1.807, 2.05) is 97.1 Å². The molecule has 0 fully saturated rings. The third-order valence-corrected chi connectivity index (χ3v) is 9.94. The predicted molar refractivity (Wildman–Crippen MR) is 214 cm³/mol. The average Bonchev–Trinajstić information content (AvgIpc) is 3.64. The van der Waals surface area contributed by atoms with Crippen molar-refractivity contribution >= 4 is 43.5 Å². The molecule has 10 rings (SSSR count). The van der Waals surface area contributed by atoms with Crippen LogP contribution in [0.15, 0.2) is 174 Å². The predicted octanol–water partition coefficient (Wildman–Crippen LogP) is 12.3. The maximum Gasteiger partial charge on any atom is 0.164 e. The maximum absolute atomic E-state index is 9.38. The van der Waals surface area contributed by atoms with Gasteiger partial charge in [-0.3, -0.25) is 0 Å². The van der Waals surface area contributed by atoms with Gasteiger partial charge in [-0.1, -0.05) is 140 Å². The van der Waals surface area contributed by atoms with Crippen LogP contribution in [-0.4, -0.2) is 15.0 Å². The second-order valence-corrected chi connectivity index (χ2v) is 13.1. The van der Waals surface area contributed by atoms with Gasteiger partial charge >= 0.3 is 0 Å². The van der Waals surface area contributed by atoms with Crippen molar-refractivity contribution in [2.24, 2.45) is 0 Å². The van der Waals surface area contributed by atoms with Crippen LogP contribution >= 0.6 is 0 Å². The van der Waals surface area contributed by atoms with Gasteiger partial charge in [0.05, 0.1) is 11.6 Å². The van der Waals surface area contributed by atoms with Crippen LogP contribution in [0.3, 0.4) is 0 Å². The summed E-state index contributed by atoms with van der Waals surface area (Å²) in [6, 6.07) is 59.9. The number of furan rings is 1. The van der Waals surface area contributed by atoms with Crippen LogP contribution < -0.4 is 0 Å². The summed E-state index contributed by atoms with van der Waals surface area (Å²) in [5, 5.41) is 15.9. The van der Waals surface area contributed by atoms with Gasteiger partial charge in [-0.2, -0.15) is 5.26 Å². The smallest absolute Gasteiger partial charge is 0.164 e. The van der Waals surface area contributed by atoms with Crippen molar-refractivity contribution in [2.45, 2.75) is 0 Å². The zero-order chi connectivity index (χ0) is 35.3. The fourth-order valence-corrected chi connectivity index (χ4v) is 7.34. The van der Waals surface area contributed by atoms with Crippen molar-refractivity contribution in [2.75, 3.05) is 0 Å². The minimum atomic E-state index is 0.599. The number of nitrogens with zero attached hydrogens (tertiary/aromatic N) is 4. The first-order chi connectivity index (χ1) is 26.2. The number of aromatic nitrogens is 3. The monoisotopic (exact) mass is 676 g/mol. The van der Waals surface area contributed by atoms with Gasteiger partial charge in [0.25, 0.3) is 0 Å². The summed E-state index contributed by atoms with van der Waals surface area (Å²) in [5.41, 5.74) is 9.39. The van der Waals surface area contributed by atoms with Crippen LogP contribution in [0, 0.1) is 11.3 Å². The molecule has 2 heterocycles. The lowest BCUT2D eigenvalue weighted by Crippen LogP contribution is -2.00. The van der Waals surface area contributed by atoms with Crippen LogP contribution in [-0.2, 0) is 0 Å². The highest BCUT2D eigenvalue weighted by Crippen LogP contribution is 2.43. The van der Waals surface area contributed by atoms with E-state index in [4.69, 9.17) is 19.4 Å². The van der Waals surface area contributed by atoms with Gasteiger partial charge in [-0.25, -0.2) is 15.0 Å². The number of fused-ring (bicyclic) bond motifs is 8. The maximum atomic E-state index is 9.38. The van der Waals surface area contributed by atoms with E-state index in [-0.39, 0.29) is 0 Å². The van der Waals surface area contributed by atoms with Crippen LogP contribution in [0.2, 0.25) is 0 Å². The Morgan fingerprint density at radius 1 is 0.377 bits per heavy atom. The molecule has 0 saturated heterocycles. The number of benzene rings is 8. The van der Waals surface area contributed by atoms with Crippen molar-refractivity contribution in [1.29, 1.82) is 5.26 Å². The van der Waals surface area contributed by atoms with E-state index in [1.54, 1.807) is 0 Å². The summed E-state index contributed by atoms with van der Waals surface area (Å²) >= 11 is 0. The van der Waals surface area contributed by atoms with Crippen LogP contribution in [0.4, 0.5) is 0 Å². The van der Waals surface area contributed by atoms with E-state index in [9.17, 15) is 5.26 Å². The Labute approximate surface area is 305 Å². The van der Waals surface area contributed by atoms with Crippen LogP contribution in [0.5, 0.6) is 0 Å². The first-order valence-corrected chi connectivity index (χ1v) is 17.5. The fourth-order valence-electron chi connectivity index (χ4n) is 7.34. The molecule has 5 nitrogen and oxygen atoms in total. The zero-order valence-electron chi connectivity index (χ0n) is 28.4. The topological polar surface area (TPSA) is 75.6 Å². The normalized spacial score (nSPS) is 11.4. The summed E-state index contributed by atoms with van der Waals surface area (Å²) in [4.78, 5) is 14.9. The molecule has 0 N–H and O–H groups in total. The number of rotatable bonds is 5. The van der Waals surface area contributed by atoms with Crippen molar-refractivity contribution < 1.29 is 4.42 Å². The molecular weight excluding hydrogens is 649 g/mol. The van der Waals surface area contributed by atoms with Crippen LogP contribution in [0.1, 0.15) is 5.56 Å². The van der Waals surface area contributed by atoms with Gasteiger partial charge in [0.15, 0.2) is 17.5 Å². The standard InChI is InChI=1S/C48H28N4O/c49-29-30-10-9-15-35(26-30)31-18-20-32(21-19-31)36-22-24-38-39-25-23-37(28-42(39)45-44(41(38)27-36)40-16-7-8-17-43(40)53-45)48-51-46(33-11-3-1-4-12-33)50-47(52-48)34-13-5-2-6-14-34/h1-28H. The molecule has 53 heavy (non-hydrogen) atoms. The number of nitriles is 1.